The zero-order valence-electron chi connectivity index (χ0n) is 7.03. The first-order valence-corrected chi connectivity index (χ1v) is 3.53. The molecule has 0 amide bonds. The van der Waals surface area contributed by atoms with Gasteiger partial charge in [-0.25, -0.2) is 0 Å². The van der Waals surface area contributed by atoms with Crippen LogP contribution in [-0.2, 0) is 6.61 Å². The molecule has 0 aliphatic heterocycles. The summed E-state index contributed by atoms with van der Waals surface area (Å²) in [4.78, 5) is 3.87. The Morgan fingerprint density at radius 3 is 2.75 bits per heavy atom. The molecule has 12 heavy (non-hydrogen) atoms. The third kappa shape index (κ3) is 1.33. The summed E-state index contributed by atoms with van der Waals surface area (Å²) in [7, 11) is 1.44. The molecule has 0 saturated carbocycles. The van der Waals surface area contributed by atoms with Crippen molar-refractivity contribution in [1.82, 2.24) is 4.98 Å². The Morgan fingerprint density at radius 1 is 1.58 bits per heavy atom. The summed E-state index contributed by atoms with van der Waals surface area (Å²) in [6, 6.07) is 0. The number of hydrogen-bond donors (Lipinski definition) is 2. The molecular weight excluding hydrogens is 158 g/mol. The lowest BCUT2D eigenvalue weighted by Gasteiger charge is -2.08. The fraction of sp³-hybridized carbons (Fsp3) is 0.375. The van der Waals surface area contributed by atoms with Gasteiger partial charge in [-0.05, 0) is 6.92 Å². The van der Waals surface area contributed by atoms with Crippen molar-refractivity contribution in [1.29, 1.82) is 0 Å². The molecule has 4 heteroatoms. The van der Waals surface area contributed by atoms with E-state index in [4.69, 9.17) is 9.84 Å². The Hall–Kier alpha value is -1.29. The van der Waals surface area contributed by atoms with Crippen molar-refractivity contribution < 1.29 is 14.9 Å². The molecule has 0 bridgehead atoms. The highest BCUT2D eigenvalue weighted by Crippen LogP contribution is 2.31. The van der Waals surface area contributed by atoms with Crippen molar-refractivity contribution in [2.75, 3.05) is 7.11 Å². The van der Waals surface area contributed by atoms with Crippen LogP contribution in [0.1, 0.15) is 11.3 Å². The first-order valence-electron chi connectivity index (χ1n) is 3.53. The molecule has 1 heterocycles. The molecule has 0 unspecified atom stereocenters. The van der Waals surface area contributed by atoms with Crippen molar-refractivity contribution in [3.05, 3.63) is 17.5 Å². The van der Waals surface area contributed by atoms with E-state index in [0.29, 0.717) is 17.0 Å². The normalized spacial score (nSPS) is 9.92. The van der Waals surface area contributed by atoms with Gasteiger partial charge in [-0.3, -0.25) is 4.98 Å². The van der Waals surface area contributed by atoms with Gasteiger partial charge in [0.2, 0.25) is 0 Å². The van der Waals surface area contributed by atoms with Crippen molar-refractivity contribution in [3.63, 3.8) is 0 Å². The predicted octanol–water partition coefficient (Wildman–Crippen LogP) is 0.597. The summed E-state index contributed by atoms with van der Waals surface area (Å²) in [5, 5.41) is 18.2. The smallest absolute Gasteiger partial charge is 0.179 e. The van der Waals surface area contributed by atoms with Gasteiger partial charge in [-0.15, -0.1) is 0 Å². The number of ether oxygens (including phenoxy) is 1. The number of hydrogen-bond acceptors (Lipinski definition) is 4. The first-order chi connectivity index (χ1) is 5.70. The van der Waals surface area contributed by atoms with Crippen molar-refractivity contribution >= 4 is 0 Å². The van der Waals surface area contributed by atoms with Crippen LogP contribution in [0.15, 0.2) is 6.20 Å². The number of aliphatic hydroxyl groups excluding tert-OH is 1. The number of nitrogens with zero attached hydrogens (tertiary/aromatic N) is 1. The minimum Gasteiger partial charge on any atom is -0.503 e. The van der Waals surface area contributed by atoms with E-state index in [1.54, 1.807) is 6.92 Å². The van der Waals surface area contributed by atoms with Crippen molar-refractivity contribution in [2.45, 2.75) is 13.5 Å². The van der Waals surface area contributed by atoms with E-state index in [2.05, 4.69) is 4.98 Å². The van der Waals surface area contributed by atoms with Gasteiger partial charge < -0.3 is 14.9 Å². The number of methoxy groups -OCH3 is 1. The Morgan fingerprint density at radius 2 is 2.25 bits per heavy atom. The summed E-state index contributed by atoms with van der Waals surface area (Å²) >= 11 is 0. The quantitative estimate of drug-likeness (QED) is 0.680. The predicted molar refractivity (Wildman–Crippen MR) is 43.1 cm³/mol. The molecule has 0 saturated heterocycles. The minimum atomic E-state index is -0.190. The van der Waals surface area contributed by atoms with E-state index in [1.165, 1.54) is 13.3 Å². The molecule has 4 nitrogen and oxygen atoms in total. The molecule has 0 atom stereocenters. The lowest BCUT2D eigenvalue weighted by molar-refractivity contribution is 0.269. The molecule has 1 aromatic rings. The van der Waals surface area contributed by atoms with E-state index in [0.717, 1.165) is 0 Å². The maximum absolute atomic E-state index is 9.41. The fourth-order valence-corrected chi connectivity index (χ4v) is 0.951. The number of aryl methyl sites for hydroxylation is 1. The first kappa shape index (κ1) is 8.80. The van der Waals surface area contributed by atoms with Crippen LogP contribution < -0.4 is 4.74 Å². The topological polar surface area (TPSA) is 62.6 Å². The standard InChI is InChI=1S/C8H11NO3/c1-5-7(11)8(12-2)6(4-10)3-9-5/h3,10-11H,4H2,1-2H3. The van der Waals surface area contributed by atoms with Crippen LogP contribution in [0.5, 0.6) is 11.5 Å². The van der Waals surface area contributed by atoms with E-state index < -0.39 is 0 Å². The zero-order valence-corrected chi connectivity index (χ0v) is 7.03. The van der Waals surface area contributed by atoms with Crippen molar-refractivity contribution in [3.8, 4) is 11.5 Å². The molecular formula is C8H11NO3. The molecule has 2 N–H and O–H groups in total. The van der Waals surface area contributed by atoms with Crippen molar-refractivity contribution in [2.24, 2.45) is 0 Å². The second kappa shape index (κ2) is 3.40. The highest BCUT2D eigenvalue weighted by Gasteiger charge is 2.10. The van der Waals surface area contributed by atoms with Crippen LogP contribution in [0.4, 0.5) is 0 Å². The number of aliphatic hydroxyl groups is 1. The molecule has 0 aromatic carbocycles. The van der Waals surface area contributed by atoms with Gasteiger partial charge in [0, 0.05) is 11.8 Å². The summed E-state index contributed by atoms with van der Waals surface area (Å²) in [5.41, 5.74) is 0.977. The minimum absolute atomic E-state index is 0.0101. The van der Waals surface area contributed by atoms with Gasteiger partial charge >= 0.3 is 0 Å². The lowest BCUT2D eigenvalue weighted by atomic mass is 10.2. The Balaban J connectivity index is 3.25. The zero-order chi connectivity index (χ0) is 9.14. The molecule has 0 aliphatic carbocycles. The van der Waals surface area contributed by atoms with Gasteiger partial charge in [-0.1, -0.05) is 0 Å². The molecule has 0 radical (unpaired) electrons. The lowest BCUT2D eigenvalue weighted by Crippen LogP contribution is -1.95. The van der Waals surface area contributed by atoms with Gasteiger partial charge in [0.25, 0.3) is 0 Å². The Bertz CT molecular complexity index is 286. The maximum Gasteiger partial charge on any atom is 0.179 e. The molecule has 1 rings (SSSR count). The number of rotatable bonds is 2. The van der Waals surface area contributed by atoms with Crippen LogP contribution in [0, 0.1) is 6.92 Å². The SMILES string of the molecule is COc1c(CO)cnc(C)c1O. The van der Waals surface area contributed by atoms with Gasteiger partial charge in [0.05, 0.1) is 19.4 Å². The fourth-order valence-electron chi connectivity index (χ4n) is 0.951. The van der Waals surface area contributed by atoms with Crippen LogP contribution in [-0.4, -0.2) is 22.3 Å². The van der Waals surface area contributed by atoms with E-state index in [9.17, 15) is 5.11 Å². The second-order valence-corrected chi connectivity index (χ2v) is 2.41. The molecule has 0 fully saturated rings. The highest BCUT2D eigenvalue weighted by atomic mass is 16.5. The van der Waals surface area contributed by atoms with Gasteiger partial charge in [-0.2, -0.15) is 0 Å². The van der Waals surface area contributed by atoms with Gasteiger partial charge in [0.15, 0.2) is 11.5 Å². The number of aromatic hydroxyl groups is 1. The number of pyridine rings is 1. The molecule has 66 valence electrons. The summed E-state index contributed by atoms with van der Waals surface area (Å²) in [5.74, 6) is 0.286. The van der Waals surface area contributed by atoms with Gasteiger partial charge in [0.1, 0.15) is 0 Å². The Labute approximate surface area is 70.4 Å². The third-order valence-electron chi connectivity index (χ3n) is 1.64. The largest absolute Gasteiger partial charge is 0.503 e. The van der Waals surface area contributed by atoms with E-state index in [1.807, 2.05) is 0 Å². The van der Waals surface area contributed by atoms with Crippen LogP contribution in [0.3, 0.4) is 0 Å². The second-order valence-electron chi connectivity index (χ2n) is 2.41. The summed E-state index contributed by atoms with van der Waals surface area (Å²) in [6.07, 6.45) is 1.48. The molecule has 1 aromatic heterocycles. The average Bonchev–Trinajstić information content (AvgIpc) is 2.09. The monoisotopic (exact) mass is 169 g/mol. The summed E-state index contributed by atoms with van der Waals surface area (Å²) < 4.78 is 4.90. The molecule has 0 spiro atoms. The van der Waals surface area contributed by atoms with Crippen LogP contribution in [0.25, 0.3) is 0 Å². The average molecular weight is 169 g/mol. The van der Waals surface area contributed by atoms with Crippen LogP contribution >= 0.6 is 0 Å². The van der Waals surface area contributed by atoms with E-state index in [-0.39, 0.29) is 12.4 Å². The van der Waals surface area contributed by atoms with E-state index >= 15 is 0 Å². The molecule has 0 aliphatic rings. The van der Waals surface area contributed by atoms with Crippen LogP contribution in [0.2, 0.25) is 0 Å². The Kier molecular flexibility index (Phi) is 2.50. The number of aromatic nitrogens is 1. The highest BCUT2D eigenvalue weighted by molar-refractivity contribution is 5.46. The maximum atomic E-state index is 9.41. The summed E-state index contributed by atoms with van der Waals surface area (Å²) in [6.45, 7) is 1.48. The third-order valence-corrected chi connectivity index (χ3v) is 1.64.